The number of carboxylic acids is 1. The third kappa shape index (κ3) is 5.47. The van der Waals surface area contributed by atoms with Gasteiger partial charge in [0.1, 0.15) is 5.82 Å². The average Bonchev–Trinajstić information content (AvgIpc) is 3.15. The van der Waals surface area contributed by atoms with E-state index in [1.54, 1.807) is 24.3 Å². The van der Waals surface area contributed by atoms with E-state index in [9.17, 15) is 14.0 Å². The van der Waals surface area contributed by atoms with Gasteiger partial charge in [-0.1, -0.05) is 47.1 Å². The van der Waals surface area contributed by atoms with E-state index in [4.69, 9.17) is 9.63 Å². The molecule has 0 spiro atoms. The lowest BCUT2D eigenvalue weighted by atomic mass is 10.0. The molecule has 2 N–H and O–H groups in total. The fraction of sp³-hybridized carbons (Fsp3) is 0.238. The van der Waals surface area contributed by atoms with Gasteiger partial charge in [0.05, 0.1) is 18.0 Å². The Balaban J connectivity index is 1.61. The highest BCUT2D eigenvalue weighted by atomic mass is 19.1. The number of carbonyl (C=O) groups excluding carboxylic acids is 1. The second-order valence-electron chi connectivity index (χ2n) is 6.62. The maximum Gasteiger partial charge on any atom is 0.305 e. The number of aryl methyl sites for hydroxylation is 2. The second kappa shape index (κ2) is 9.09. The Hall–Kier alpha value is -3.55. The number of hydrogen-bond acceptors (Lipinski definition) is 5. The molecule has 0 aliphatic heterocycles. The van der Waals surface area contributed by atoms with Crippen molar-refractivity contribution in [1.29, 1.82) is 0 Å². The van der Waals surface area contributed by atoms with Crippen LogP contribution in [-0.2, 0) is 16.0 Å². The van der Waals surface area contributed by atoms with E-state index >= 15 is 0 Å². The zero-order valence-electron chi connectivity index (χ0n) is 15.8. The molecule has 0 aliphatic carbocycles. The van der Waals surface area contributed by atoms with Crippen molar-refractivity contribution in [1.82, 2.24) is 15.5 Å². The Labute approximate surface area is 166 Å². The van der Waals surface area contributed by atoms with Gasteiger partial charge >= 0.3 is 5.97 Å². The van der Waals surface area contributed by atoms with E-state index in [1.165, 1.54) is 12.1 Å². The molecule has 1 aromatic heterocycles. The summed E-state index contributed by atoms with van der Waals surface area (Å²) in [6, 6.07) is 12.7. The van der Waals surface area contributed by atoms with Crippen molar-refractivity contribution in [2.75, 3.05) is 0 Å². The monoisotopic (exact) mass is 397 g/mol. The summed E-state index contributed by atoms with van der Waals surface area (Å²) >= 11 is 0. The quantitative estimate of drug-likeness (QED) is 0.603. The maximum atomic E-state index is 13.8. The Kier molecular flexibility index (Phi) is 6.33. The summed E-state index contributed by atoms with van der Waals surface area (Å²) in [7, 11) is 0. The summed E-state index contributed by atoms with van der Waals surface area (Å²) in [5.74, 6) is -1.51. The number of aromatic nitrogens is 2. The molecule has 29 heavy (non-hydrogen) atoms. The minimum Gasteiger partial charge on any atom is -0.481 e. The van der Waals surface area contributed by atoms with Gasteiger partial charge in [-0.15, -0.1) is 0 Å². The minimum atomic E-state index is -1.01. The first-order valence-electron chi connectivity index (χ1n) is 9.07. The molecule has 3 aromatic rings. The van der Waals surface area contributed by atoms with Crippen molar-refractivity contribution in [2.45, 2.75) is 32.2 Å². The number of aliphatic carboxylic acids is 1. The van der Waals surface area contributed by atoms with Crippen LogP contribution in [0.3, 0.4) is 0 Å². The van der Waals surface area contributed by atoms with Crippen molar-refractivity contribution < 1.29 is 23.6 Å². The Bertz CT molecular complexity index is 1000. The molecule has 0 unspecified atom stereocenters. The van der Waals surface area contributed by atoms with Crippen LogP contribution in [0.15, 0.2) is 53.1 Å². The smallest absolute Gasteiger partial charge is 0.305 e. The summed E-state index contributed by atoms with van der Waals surface area (Å²) in [5.41, 5.74) is 1.97. The molecular weight excluding hydrogens is 377 g/mol. The van der Waals surface area contributed by atoms with Crippen LogP contribution in [0.5, 0.6) is 0 Å². The normalized spacial score (nSPS) is 11.8. The topological polar surface area (TPSA) is 105 Å². The van der Waals surface area contributed by atoms with E-state index in [0.717, 1.165) is 5.56 Å². The largest absolute Gasteiger partial charge is 0.481 e. The maximum absolute atomic E-state index is 13.8. The molecule has 1 amide bonds. The summed E-state index contributed by atoms with van der Waals surface area (Å²) in [6.07, 6.45) is -0.0470. The molecule has 0 bridgehead atoms. The third-order valence-electron chi connectivity index (χ3n) is 4.34. The lowest BCUT2D eigenvalue weighted by Gasteiger charge is -2.17. The highest BCUT2D eigenvalue weighted by Crippen LogP contribution is 2.20. The highest BCUT2D eigenvalue weighted by Gasteiger charge is 2.19. The Morgan fingerprint density at radius 1 is 1.17 bits per heavy atom. The van der Waals surface area contributed by atoms with Crippen LogP contribution >= 0.6 is 0 Å². The van der Waals surface area contributed by atoms with Gasteiger partial charge < -0.3 is 14.9 Å². The van der Waals surface area contributed by atoms with Crippen LogP contribution in [-0.4, -0.2) is 27.1 Å². The second-order valence-corrected chi connectivity index (χ2v) is 6.62. The molecule has 0 saturated carbocycles. The van der Waals surface area contributed by atoms with Gasteiger partial charge in [-0.2, -0.15) is 4.98 Å². The molecule has 7 nitrogen and oxygen atoms in total. The third-order valence-corrected chi connectivity index (χ3v) is 4.34. The van der Waals surface area contributed by atoms with Crippen LogP contribution in [0.4, 0.5) is 4.39 Å². The lowest BCUT2D eigenvalue weighted by Crippen LogP contribution is -2.30. The number of rotatable bonds is 8. The predicted molar refractivity (Wildman–Crippen MR) is 102 cm³/mol. The van der Waals surface area contributed by atoms with E-state index in [0.29, 0.717) is 5.56 Å². The van der Waals surface area contributed by atoms with Gasteiger partial charge in [-0.25, -0.2) is 4.39 Å². The van der Waals surface area contributed by atoms with Crippen molar-refractivity contribution in [3.05, 3.63) is 71.4 Å². The Morgan fingerprint density at radius 3 is 2.59 bits per heavy atom. The van der Waals surface area contributed by atoms with Crippen LogP contribution in [0, 0.1) is 12.7 Å². The van der Waals surface area contributed by atoms with Crippen molar-refractivity contribution in [3.8, 4) is 11.4 Å². The summed E-state index contributed by atoms with van der Waals surface area (Å²) in [5, 5.41) is 15.6. The first-order chi connectivity index (χ1) is 13.9. The molecular formula is C21H20FN3O4. The summed E-state index contributed by atoms with van der Waals surface area (Å²) in [6.45, 7) is 1.93. The number of carbonyl (C=O) groups is 2. The number of amides is 1. The lowest BCUT2D eigenvalue weighted by molar-refractivity contribution is -0.137. The number of hydrogen-bond donors (Lipinski definition) is 2. The van der Waals surface area contributed by atoms with Gasteiger partial charge in [0, 0.05) is 12.8 Å². The molecule has 0 radical (unpaired) electrons. The van der Waals surface area contributed by atoms with Gasteiger partial charge in [0.15, 0.2) is 0 Å². The van der Waals surface area contributed by atoms with E-state index in [2.05, 4.69) is 15.5 Å². The van der Waals surface area contributed by atoms with Crippen LogP contribution < -0.4 is 5.32 Å². The number of nitrogens with one attached hydrogen (secondary N) is 1. The standard InChI is InChI=1S/C21H20FN3O4/c1-13-6-8-14(9-7-13)17(12-20(27)28)23-18(26)10-11-19-24-21(25-29-19)15-4-2-3-5-16(15)22/h2-9,17H,10-12H2,1H3,(H,23,26)(H,27,28)/t17-/m0/s1. The van der Waals surface area contributed by atoms with Crippen molar-refractivity contribution in [2.24, 2.45) is 0 Å². The van der Waals surface area contributed by atoms with Crippen LogP contribution in [0.2, 0.25) is 0 Å². The van der Waals surface area contributed by atoms with Gasteiger partial charge in [-0.05, 0) is 24.6 Å². The number of nitrogens with zero attached hydrogens (tertiary/aromatic N) is 2. The molecule has 0 saturated heterocycles. The zero-order chi connectivity index (χ0) is 20.8. The van der Waals surface area contributed by atoms with Gasteiger partial charge in [0.2, 0.25) is 17.6 Å². The minimum absolute atomic E-state index is 0.0287. The van der Waals surface area contributed by atoms with Crippen molar-refractivity contribution >= 4 is 11.9 Å². The van der Waals surface area contributed by atoms with Crippen molar-refractivity contribution in [3.63, 3.8) is 0 Å². The zero-order valence-corrected chi connectivity index (χ0v) is 15.8. The molecule has 3 rings (SSSR count). The fourth-order valence-corrected chi connectivity index (χ4v) is 2.82. The van der Waals surface area contributed by atoms with Gasteiger partial charge in [0.25, 0.3) is 0 Å². The average molecular weight is 397 g/mol. The van der Waals surface area contributed by atoms with Crippen LogP contribution in [0.1, 0.15) is 35.9 Å². The predicted octanol–water partition coefficient (Wildman–Crippen LogP) is 3.45. The summed E-state index contributed by atoms with van der Waals surface area (Å²) in [4.78, 5) is 27.6. The van der Waals surface area contributed by atoms with Gasteiger partial charge in [-0.3, -0.25) is 9.59 Å². The number of halogens is 1. The van der Waals surface area contributed by atoms with E-state index < -0.39 is 17.8 Å². The molecule has 0 fully saturated rings. The van der Waals surface area contributed by atoms with Crippen LogP contribution in [0.25, 0.3) is 11.4 Å². The molecule has 8 heteroatoms. The molecule has 150 valence electrons. The van der Waals surface area contributed by atoms with E-state index in [1.807, 2.05) is 19.1 Å². The first kappa shape index (κ1) is 20.2. The highest BCUT2D eigenvalue weighted by molar-refractivity contribution is 5.78. The summed E-state index contributed by atoms with van der Waals surface area (Å²) < 4.78 is 18.9. The molecule has 0 aliphatic rings. The molecule has 1 atom stereocenters. The fourth-order valence-electron chi connectivity index (χ4n) is 2.82. The SMILES string of the molecule is Cc1ccc([C@H](CC(=O)O)NC(=O)CCc2nc(-c3ccccc3F)no2)cc1. The molecule has 1 heterocycles. The number of benzene rings is 2. The number of carboxylic acid groups (broad SMARTS) is 1. The first-order valence-corrected chi connectivity index (χ1v) is 9.07. The molecule has 2 aromatic carbocycles. The van der Waals surface area contributed by atoms with E-state index in [-0.39, 0.29) is 42.4 Å². The Morgan fingerprint density at radius 2 is 1.90 bits per heavy atom.